The minimum absolute atomic E-state index is 0.115. The number of carboxylic acid groups (broad SMARTS) is 1. The van der Waals surface area contributed by atoms with Crippen LogP contribution in [-0.2, 0) is 11.2 Å². The molecule has 2 rings (SSSR count). The Labute approximate surface area is 91.6 Å². The number of rotatable bonds is 4. The number of carboxylic acids is 1. The van der Waals surface area contributed by atoms with Gasteiger partial charge in [0.2, 0.25) is 0 Å². The average Bonchev–Trinajstić information content (AvgIpc) is 2.80. The van der Waals surface area contributed by atoms with Crippen molar-refractivity contribution in [1.82, 2.24) is 19.7 Å². The molecule has 0 aliphatic rings. The van der Waals surface area contributed by atoms with Crippen LogP contribution in [0, 0.1) is 0 Å². The molecule has 2 aromatic heterocycles. The molecule has 0 fully saturated rings. The Kier molecular flexibility index (Phi) is 2.90. The smallest absolute Gasteiger partial charge is 0.303 e. The van der Waals surface area contributed by atoms with Gasteiger partial charge in [0.05, 0.1) is 0 Å². The highest BCUT2D eigenvalue weighted by Gasteiger charge is 2.01. The minimum atomic E-state index is -0.805. The summed E-state index contributed by atoms with van der Waals surface area (Å²) in [4.78, 5) is 18.4. The van der Waals surface area contributed by atoms with Gasteiger partial charge in [-0.25, -0.2) is 14.6 Å². The molecule has 2 heterocycles. The van der Waals surface area contributed by atoms with Crippen molar-refractivity contribution in [3.63, 3.8) is 0 Å². The fourth-order valence-electron chi connectivity index (χ4n) is 1.28. The largest absolute Gasteiger partial charge is 0.481 e. The van der Waals surface area contributed by atoms with Crippen molar-refractivity contribution in [3.05, 3.63) is 36.5 Å². The van der Waals surface area contributed by atoms with Crippen LogP contribution in [0.3, 0.4) is 0 Å². The van der Waals surface area contributed by atoms with E-state index in [2.05, 4.69) is 15.1 Å². The molecule has 0 aliphatic carbocycles. The topological polar surface area (TPSA) is 80.9 Å². The van der Waals surface area contributed by atoms with E-state index in [1.54, 1.807) is 23.3 Å². The van der Waals surface area contributed by atoms with E-state index in [9.17, 15) is 4.79 Å². The first kappa shape index (κ1) is 10.3. The summed E-state index contributed by atoms with van der Waals surface area (Å²) >= 11 is 0. The Morgan fingerprint density at radius 3 is 2.88 bits per heavy atom. The molecule has 2 aromatic rings. The molecule has 0 saturated carbocycles. The first-order chi connectivity index (χ1) is 7.75. The normalized spacial score (nSPS) is 10.2. The second kappa shape index (κ2) is 4.52. The first-order valence-corrected chi connectivity index (χ1v) is 4.77. The van der Waals surface area contributed by atoms with E-state index in [4.69, 9.17) is 5.11 Å². The number of hydrogen-bond acceptors (Lipinski definition) is 4. The van der Waals surface area contributed by atoms with Crippen molar-refractivity contribution < 1.29 is 9.90 Å². The van der Waals surface area contributed by atoms with Gasteiger partial charge in [-0.1, -0.05) is 6.07 Å². The van der Waals surface area contributed by atoms with E-state index in [1.807, 2.05) is 6.07 Å². The van der Waals surface area contributed by atoms with Gasteiger partial charge in [0, 0.05) is 12.6 Å². The number of nitrogens with zero attached hydrogens (tertiary/aromatic N) is 4. The van der Waals surface area contributed by atoms with Crippen molar-refractivity contribution in [2.75, 3.05) is 0 Å². The van der Waals surface area contributed by atoms with E-state index in [0.29, 0.717) is 12.2 Å². The van der Waals surface area contributed by atoms with Gasteiger partial charge in [-0.05, 0) is 18.1 Å². The SMILES string of the molecule is O=C(O)CCc1ccc(-n2cncn2)nc1. The van der Waals surface area contributed by atoms with E-state index in [0.717, 1.165) is 5.56 Å². The van der Waals surface area contributed by atoms with Gasteiger partial charge in [-0.15, -0.1) is 0 Å². The number of aryl methyl sites for hydroxylation is 1. The zero-order chi connectivity index (χ0) is 11.4. The fraction of sp³-hybridized carbons (Fsp3) is 0.200. The van der Waals surface area contributed by atoms with Crippen LogP contribution in [0.2, 0.25) is 0 Å². The fourth-order valence-corrected chi connectivity index (χ4v) is 1.28. The Morgan fingerprint density at radius 1 is 1.44 bits per heavy atom. The first-order valence-electron chi connectivity index (χ1n) is 4.77. The number of hydrogen-bond donors (Lipinski definition) is 1. The maximum Gasteiger partial charge on any atom is 0.303 e. The molecule has 0 aliphatic heterocycles. The van der Waals surface area contributed by atoms with Crippen molar-refractivity contribution in [2.45, 2.75) is 12.8 Å². The zero-order valence-electron chi connectivity index (χ0n) is 8.45. The summed E-state index contributed by atoms with van der Waals surface area (Å²) in [5.74, 6) is -0.142. The van der Waals surface area contributed by atoms with Crippen molar-refractivity contribution in [2.24, 2.45) is 0 Å². The molecule has 0 amide bonds. The maximum absolute atomic E-state index is 10.4. The molecule has 0 aromatic carbocycles. The van der Waals surface area contributed by atoms with Crippen LogP contribution in [0.4, 0.5) is 0 Å². The van der Waals surface area contributed by atoms with Crippen LogP contribution in [0.5, 0.6) is 0 Å². The standard InChI is InChI=1S/C10H10N4O2/c15-10(16)4-2-8-1-3-9(12-5-8)14-7-11-6-13-14/h1,3,5-7H,2,4H2,(H,15,16). The monoisotopic (exact) mass is 218 g/mol. The Morgan fingerprint density at radius 2 is 2.31 bits per heavy atom. The highest BCUT2D eigenvalue weighted by Crippen LogP contribution is 2.05. The van der Waals surface area contributed by atoms with Gasteiger partial charge in [0.1, 0.15) is 12.7 Å². The Hall–Kier alpha value is -2.24. The van der Waals surface area contributed by atoms with Crippen molar-refractivity contribution in [3.8, 4) is 5.82 Å². The quantitative estimate of drug-likeness (QED) is 0.816. The molecule has 0 radical (unpaired) electrons. The average molecular weight is 218 g/mol. The lowest BCUT2D eigenvalue weighted by molar-refractivity contribution is -0.136. The third-order valence-electron chi connectivity index (χ3n) is 2.09. The molecule has 1 N–H and O–H groups in total. The number of aromatic nitrogens is 4. The summed E-state index contributed by atoms with van der Waals surface area (Å²) in [6.45, 7) is 0. The summed E-state index contributed by atoms with van der Waals surface area (Å²) in [7, 11) is 0. The van der Waals surface area contributed by atoms with Crippen molar-refractivity contribution >= 4 is 5.97 Å². The summed E-state index contributed by atoms with van der Waals surface area (Å²) < 4.78 is 1.54. The van der Waals surface area contributed by atoms with E-state index < -0.39 is 5.97 Å². The van der Waals surface area contributed by atoms with Gasteiger partial charge in [-0.2, -0.15) is 5.10 Å². The molecular weight excluding hydrogens is 208 g/mol. The predicted molar refractivity (Wildman–Crippen MR) is 55.1 cm³/mol. The molecule has 0 unspecified atom stereocenters. The summed E-state index contributed by atoms with van der Waals surface area (Å²) in [5.41, 5.74) is 0.895. The predicted octanol–water partition coefficient (Wildman–Crippen LogP) is 0.679. The second-order valence-corrected chi connectivity index (χ2v) is 3.26. The third-order valence-corrected chi connectivity index (χ3v) is 2.09. The van der Waals surface area contributed by atoms with E-state index >= 15 is 0 Å². The lowest BCUT2D eigenvalue weighted by atomic mass is 10.1. The molecule has 0 atom stereocenters. The van der Waals surface area contributed by atoms with Crippen LogP contribution in [0.1, 0.15) is 12.0 Å². The van der Waals surface area contributed by atoms with Gasteiger partial charge in [0.15, 0.2) is 5.82 Å². The van der Waals surface area contributed by atoms with Crippen LogP contribution in [0.15, 0.2) is 31.0 Å². The third kappa shape index (κ3) is 2.41. The maximum atomic E-state index is 10.4. The second-order valence-electron chi connectivity index (χ2n) is 3.26. The van der Waals surface area contributed by atoms with Crippen molar-refractivity contribution in [1.29, 1.82) is 0 Å². The molecule has 16 heavy (non-hydrogen) atoms. The van der Waals surface area contributed by atoms with Crippen LogP contribution in [-0.4, -0.2) is 30.8 Å². The van der Waals surface area contributed by atoms with Crippen LogP contribution in [0.25, 0.3) is 5.82 Å². The lowest BCUT2D eigenvalue weighted by Gasteiger charge is -2.01. The minimum Gasteiger partial charge on any atom is -0.481 e. The Balaban J connectivity index is 2.08. The number of aliphatic carboxylic acids is 1. The lowest BCUT2D eigenvalue weighted by Crippen LogP contribution is -2.00. The van der Waals surface area contributed by atoms with Gasteiger partial charge in [-0.3, -0.25) is 4.79 Å². The Bertz CT molecular complexity index is 464. The molecule has 0 saturated heterocycles. The van der Waals surface area contributed by atoms with Crippen LogP contribution >= 0.6 is 0 Å². The highest BCUT2D eigenvalue weighted by molar-refractivity contribution is 5.67. The summed E-state index contributed by atoms with van der Waals surface area (Å²) in [5, 5.41) is 12.5. The summed E-state index contributed by atoms with van der Waals surface area (Å²) in [6, 6.07) is 3.62. The zero-order valence-corrected chi connectivity index (χ0v) is 8.45. The highest BCUT2D eigenvalue weighted by atomic mass is 16.4. The van der Waals surface area contributed by atoms with E-state index in [1.165, 1.54) is 6.33 Å². The summed E-state index contributed by atoms with van der Waals surface area (Å²) in [6.07, 6.45) is 5.24. The molecule has 6 nitrogen and oxygen atoms in total. The molecule has 0 bridgehead atoms. The van der Waals surface area contributed by atoms with Gasteiger partial charge < -0.3 is 5.11 Å². The molecule has 6 heteroatoms. The molecular formula is C10H10N4O2. The van der Waals surface area contributed by atoms with Crippen LogP contribution < -0.4 is 0 Å². The number of carbonyl (C=O) groups is 1. The van der Waals surface area contributed by atoms with Gasteiger partial charge in [0.25, 0.3) is 0 Å². The van der Waals surface area contributed by atoms with Gasteiger partial charge >= 0.3 is 5.97 Å². The molecule has 0 spiro atoms. The number of pyridine rings is 1. The van der Waals surface area contributed by atoms with E-state index in [-0.39, 0.29) is 6.42 Å². The molecule has 82 valence electrons.